The molecule has 4 heteroatoms. The highest BCUT2D eigenvalue weighted by molar-refractivity contribution is 4.83. The molecule has 0 aliphatic carbocycles. The van der Waals surface area contributed by atoms with Gasteiger partial charge in [0.15, 0.2) is 0 Å². The molecule has 2 unspecified atom stereocenters. The highest BCUT2D eigenvalue weighted by Crippen LogP contribution is 2.13. The molecular weight excluding hydrogens is 204 g/mol. The van der Waals surface area contributed by atoms with Crippen LogP contribution in [0.4, 0.5) is 0 Å². The minimum atomic E-state index is -0.488. The molecule has 0 amide bonds. The molecule has 0 heterocycles. The van der Waals surface area contributed by atoms with Crippen molar-refractivity contribution in [2.24, 2.45) is 5.73 Å². The predicted octanol–water partition coefficient (Wildman–Crippen LogP) is 0.833. The van der Waals surface area contributed by atoms with Crippen molar-refractivity contribution in [2.45, 2.75) is 45.7 Å². The van der Waals surface area contributed by atoms with Gasteiger partial charge in [0.2, 0.25) is 0 Å². The third kappa shape index (κ3) is 6.43. The zero-order valence-electron chi connectivity index (χ0n) is 11.2. The Morgan fingerprint density at radius 1 is 1.44 bits per heavy atom. The maximum absolute atomic E-state index is 9.14. The van der Waals surface area contributed by atoms with Gasteiger partial charge in [-0.1, -0.05) is 6.92 Å². The summed E-state index contributed by atoms with van der Waals surface area (Å²) < 4.78 is 5.35. The molecule has 0 aliphatic rings. The lowest BCUT2D eigenvalue weighted by Crippen LogP contribution is -2.47. The normalized spacial score (nSPS) is 17.4. The fourth-order valence-corrected chi connectivity index (χ4v) is 1.88. The number of hydrogen-bond acceptors (Lipinski definition) is 4. The van der Waals surface area contributed by atoms with E-state index in [4.69, 9.17) is 15.6 Å². The van der Waals surface area contributed by atoms with Crippen molar-refractivity contribution in [3.63, 3.8) is 0 Å². The van der Waals surface area contributed by atoms with Crippen molar-refractivity contribution in [3.8, 4) is 0 Å². The van der Waals surface area contributed by atoms with Crippen LogP contribution in [0.3, 0.4) is 0 Å². The monoisotopic (exact) mass is 232 g/mol. The van der Waals surface area contributed by atoms with Gasteiger partial charge in [-0.25, -0.2) is 0 Å². The third-order valence-electron chi connectivity index (χ3n) is 2.88. The maximum atomic E-state index is 9.14. The van der Waals surface area contributed by atoms with Gasteiger partial charge in [-0.15, -0.1) is 0 Å². The number of aliphatic hydroxyl groups excluding tert-OH is 1. The van der Waals surface area contributed by atoms with Crippen LogP contribution in [0.25, 0.3) is 0 Å². The number of nitrogens with two attached hydrogens (primary N) is 1. The molecule has 0 bridgehead atoms. The molecule has 98 valence electrons. The summed E-state index contributed by atoms with van der Waals surface area (Å²) in [4.78, 5) is 2.33. The van der Waals surface area contributed by atoms with E-state index in [1.54, 1.807) is 0 Å². The van der Waals surface area contributed by atoms with Gasteiger partial charge in [-0.05, 0) is 33.7 Å². The van der Waals surface area contributed by atoms with Gasteiger partial charge in [0.05, 0.1) is 13.2 Å². The molecule has 0 aromatic rings. The molecule has 2 atom stereocenters. The lowest BCUT2D eigenvalue weighted by molar-refractivity contribution is 0.0859. The van der Waals surface area contributed by atoms with E-state index in [1.165, 1.54) is 0 Å². The summed E-state index contributed by atoms with van der Waals surface area (Å²) in [6.45, 7) is 11.6. The standard InChI is InChI=1S/C12H28N2O2/c1-5-14(7-8-16-6-2)11(3)9-12(4,13)10-15/h11,15H,5-10,13H2,1-4H3. The fraction of sp³-hybridized carbons (Fsp3) is 1.00. The van der Waals surface area contributed by atoms with Crippen molar-refractivity contribution < 1.29 is 9.84 Å². The lowest BCUT2D eigenvalue weighted by Gasteiger charge is -2.33. The summed E-state index contributed by atoms with van der Waals surface area (Å²) >= 11 is 0. The van der Waals surface area contributed by atoms with Crippen molar-refractivity contribution in [2.75, 3.05) is 32.9 Å². The Balaban J connectivity index is 4.04. The average molecular weight is 232 g/mol. The van der Waals surface area contributed by atoms with Gasteiger partial charge >= 0.3 is 0 Å². The summed E-state index contributed by atoms with van der Waals surface area (Å²) in [7, 11) is 0. The van der Waals surface area contributed by atoms with E-state index in [-0.39, 0.29) is 6.61 Å². The molecule has 0 fully saturated rings. The predicted molar refractivity (Wildman–Crippen MR) is 67.5 cm³/mol. The second kappa shape index (κ2) is 8.01. The SMILES string of the molecule is CCOCCN(CC)C(C)CC(C)(N)CO. The highest BCUT2D eigenvalue weighted by atomic mass is 16.5. The molecule has 0 radical (unpaired) electrons. The summed E-state index contributed by atoms with van der Waals surface area (Å²) in [5, 5.41) is 9.14. The zero-order valence-corrected chi connectivity index (χ0v) is 11.2. The third-order valence-corrected chi connectivity index (χ3v) is 2.88. The van der Waals surface area contributed by atoms with E-state index in [0.29, 0.717) is 6.04 Å². The quantitative estimate of drug-likeness (QED) is 0.578. The lowest BCUT2D eigenvalue weighted by atomic mass is 9.95. The first-order chi connectivity index (χ1) is 7.46. The second-order valence-corrected chi connectivity index (χ2v) is 4.69. The number of aliphatic hydroxyl groups is 1. The molecular formula is C12H28N2O2. The van der Waals surface area contributed by atoms with E-state index in [2.05, 4.69) is 18.7 Å². The largest absolute Gasteiger partial charge is 0.394 e. The topological polar surface area (TPSA) is 58.7 Å². The first-order valence-electron chi connectivity index (χ1n) is 6.18. The molecule has 0 spiro atoms. The van der Waals surface area contributed by atoms with E-state index >= 15 is 0 Å². The van der Waals surface area contributed by atoms with Crippen LogP contribution in [-0.2, 0) is 4.74 Å². The Hall–Kier alpha value is -0.160. The minimum absolute atomic E-state index is 0.0281. The minimum Gasteiger partial charge on any atom is -0.394 e. The second-order valence-electron chi connectivity index (χ2n) is 4.69. The Morgan fingerprint density at radius 3 is 2.50 bits per heavy atom. The van der Waals surface area contributed by atoms with Gasteiger partial charge in [0.25, 0.3) is 0 Å². The van der Waals surface area contributed by atoms with Crippen LogP contribution in [0.2, 0.25) is 0 Å². The van der Waals surface area contributed by atoms with Gasteiger partial charge in [0.1, 0.15) is 0 Å². The average Bonchev–Trinajstić information content (AvgIpc) is 2.23. The van der Waals surface area contributed by atoms with Gasteiger partial charge in [0, 0.05) is 24.7 Å². The molecule has 0 rings (SSSR count). The first-order valence-corrected chi connectivity index (χ1v) is 6.18. The van der Waals surface area contributed by atoms with E-state index in [0.717, 1.165) is 32.7 Å². The molecule has 0 saturated carbocycles. The number of rotatable bonds is 9. The van der Waals surface area contributed by atoms with Crippen LogP contribution in [0.15, 0.2) is 0 Å². The van der Waals surface area contributed by atoms with Crippen LogP contribution in [0, 0.1) is 0 Å². The molecule has 0 aliphatic heterocycles. The van der Waals surface area contributed by atoms with Gasteiger partial charge in [-0.3, -0.25) is 4.90 Å². The summed E-state index contributed by atoms with van der Waals surface area (Å²) in [5.74, 6) is 0. The van der Waals surface area contributed by atoms with Crippen molar-refractivity contribution >= 4 is 0 Å². The number of likely N-dealkylation sites (N-methyl/N-ethyl adjacent to an activating group) is 1. The van der Waals surface area contributed by atoms with Crippen molar-refractivity contribution in [1.29, 1.82) is 0 Å². The van der Waals surface area contributed by atoms with E-state index in [1.807, 2.05) is 13.8 Å². The molecule has 4 nitrogen and oxygen atoms in total. The summed E-state index contributed by atoms with van der Waals surface area (Å²) in [6, 6.07) is 0.368. The Kier molecular flexibility index (Phi) is 7.93. The van der Waals surface area contributed by atoms with Crippen LogP contribution in [0.5, 0.6) is 0 Å². The van der Waals surface area contributed by atoms with Crippen LogP contribution in [0.1, 0.15) is 34.1 Å². The van der Waals surface area contributed by atoms with Crippen LogP contribution >= 0.6 is 0 Å². The van der Waals surface area contributed by atoms with Crippen molar-refractivity contribution in [1.82, 2.24) is 4.90 Å². The summed E-state index contributed by atoms with van der Waals surface area (Å²) in [6.07, 6.45) is 0.795. The van der Waals surface area contributed by atoms with Gasteiger partial charge < -0.3 is 15.6 Å². The highest BCUT2D eigenvalue weighted by Gasteiger charge is 2.23. The number of ether oxygens (including phenoxy) is 1. The molecule has 3 N–H and O–H groups in total. The smallest absolute Gasteiger partial charge is 0.0609 e. The Morgan fingerprint density at radius 2 is 2.06 bits per heavy atom. The van der Waals surface area contributed by atoms with Crippen LogP contribution in [-0.4, -0.2) is 54.5 Å². The molecule has 0 aromatic heterocycles. The Labute approximate surface area is 99.8 Å². The van der Waals surface area contributed by atoms with Crippen molar-refractivity contribution in [3.05, 3.63) is 0 Å². The number of nitrogens with zero attached hydrogens (tertiary/aromatic N) is 1. The number of hydrogen-bond donors (Lipinski definition) is 2. The molecule has 16 heavy (non-hydrogen) atoms. The van der Waals surface area contributed by atoms with Crippen LogP contribution < -0.4 is 5.73 Å². The Bertz CT molecular complexity index is 174. The van der Waals surface area contributed by atoms with E-state index < -0.39 is 5.54 Å². The maximum Gasteiger partial charge on any atom is 0.0609 e. The molecule has 0 saturated heterocycles. The first kappa shape index (κ1) is 15.8. The molecule has 0 aromatic carbocycles. The zero-order chi connectivity index (χ0) is 12.6. The summed E-state index contributed by atoms with van der Waals surface area (Å²) in [5.41, 5.74) is 5.47. The van der Waals surface area contributed by atoms with Gasteiger partial charge in [-0.2, -0.15) is 0 Å². The fourth-order valence-electron chi connectivity index (χ4n) is 1.88. The van der Waals surface area contributed by atoms with E-state index in [9.17, 15) is 0 Å².